The second kappa shape index (κ2) is 10.2. The quantitative estimate of drug-likeness (QED) is 0.468. The van der Waals surface area contributed by atoms with E-state index in [1.54, 1.807) is 13.3 Å². The molecule has 0 unspecified atom stereocenters. The number of hydrogen-bond acceptors (Lipinski definition) is 5. The van der Waals surface area contributed by atoms with Crippen molar-refractivity contribution in [2.75, 3.05) is 31.0 Å². The molecule has 1 aliphatic heterocycles. The second-order valence-corrected chi connectivity index (χ2v) is 8.68. The highest BCUT2D eigenvalue weighted by atomic mass is 32.1. The molecule has 34 heavy (non-hydrogen) atoms. The maximum atomic E-state index is 12.2. The molecule has 2 N–H and O–H groups in total. The Hall–Kier alpha value is -3.43. The van der Waals surface area contributed by atoms with Crippen molar-refractivity contribution in [3.05, 3.63) is 72.3 Å². The lowest BCUT2D eigenvalue weighted by Crippen LogP contribution is -2.30. The molecule has 2 aromatic heterocycles. The van der Waals surface area contributed by atoms with Gasteiger partial charge in [0.25, 0.3) is 0 Å². The Kier molecular flexibility index (Phi) is 7.14. The number of hydrogen-bond donors (Lipinski definition) is 2. The van der Waals surface area contributed by atoms with Crippen LogP contribution in [0.4, 0.5) is 11.4 Å². The van der Waals surface area contributed by atoms with Crippen LogP contribution in [0.5, 0.6) is 5.75 Å². The van der Waals surface area contributed by atoms with E-state index in [1.807, 2.05) is 36.4 Å². The molecule has 1 saturated heterocycles. The van der Waals surface area contributed by atoms with Crippen LogP contribution in [-0.2, 0) is 9.53 Å². The summed E-state index contributed by atoms with van der Waals surface area (Å²) < 4.78 is 12.7. The van der Waals surface area contributed by atoms with Gasteiger partial charge in [0.05, 0.1) is 24.5 Å². The van der Waals surface area contributed by atoms with Gasteiger partial charge in [0.15, 0.2) is 5.11 Å². The minimum absolute atomic E-state index is 0.0522. The molecule has 0 radical (unpaired) electrons. The number of methoxy groups -OCH3 is 2. The van der Waals surface area contributed by atoms with Crippen LogP contribution in [0, 0.1) is 0 Å². The average Bonchev–Trinajstić information content (AvgIpc) is 3.44. The van der Waals surface area contributed by atoms with E-state index in [2.05, 4.69) is 57.3 Å². The zero-order valence-electron chi connectivity index (χ0n) is 19.7. The molecule has 0 spiro atoms. The van der Waals surface area contributed by atoms with Crippen LogP contribution < -0.4 is 20.3 Å². The Morgan fingerprint density at radius 2 is 2.03 bits per heavy atom. The molecule has 2 atom stereocenters. The highest BCUT2D eigenvalue weighted by molar-refractivity contribution is 7.80. The van der Waals surface area contributed by atoms with E-state index in [0.29, 0.717) is 16.5 Å². The van der Waals surface area contributed by atoms with Gasteiger partial charge in [-0.05, 0) is 68.5 Å². The summed E-state index contributed by atoms with van der Waals surface area (Å²) in [5.74, 6) is 0.284. The molecule has 1 aliphatic rings. The number of nitrogens with zero attached hydrogens (tertiary/aromatic N) is 3. The fraction of sp³-hybridized carbons (Fsp3) is 0.320. The van der Waals surface area contributed by atoms with Crippen molar-refractivity contribution in [1.29, 1.82) is 0 Å². The van der Waals surface area contributed by atoms with Crippen molar-refractivity contribution >= 4 is 34.6 Å². The molecule has 0 saturated carbocycles. The Bertz CT molecular complexity index is 1160. The standard InChI is InChI=1S/C25H29N5O3S/c1-16(2)29-13-7-9-20(29)24-23(18-8-5-6-12-26-18)28-25(34)30(24)17-10-11-21(33-4)19(14-17)27-22(31)15-32-3/h5-14,16,23-24H,15H2,1-4H3,(H,27,31)(H,28,34)/t23-,24+/m1/s1. The first-order valence-corrected chi connectivity index (χ1v) is 11.5. The molecule has 178 valence electrons. The van der Waals surface area contributed by atoms with Crippen LogP contribution >= 0.6 is 12.2 Å². The van der Waals surface area contributed by atoms with Crippen LogP contribution in [-0.4, -0.2) is 41.4 Å². The smallest absolute Gasteiger partial charge is 0.250 e. The average molecular weight is 480 g/mol. The fourth-order valence-electron chi connectivity index (χ4n) is 4.32. The first-order chi connectivity index (χ1) is 16.4. The van der Waals surface area contributed by atoms with E-state index in [4.69, 9.17) is 21.7 Å². The van der Waals surface area contributed by atoms with E-state index in [-0.39, 0.29) is 30.6 Å². The number of benzene rings is 1. The molecule has 9 heteroatoms. The van der Waals surface area contributed by atoms with E-state index in [0.717, 1.165) is 17.1 Å². The summed E-state index contributed by atoms with van der Waals surface area (Å²) in [4.78, 5) is 18.9. The van der Waals surface area contributed by atoms with Crippen LogP contribution in [0.15, 0.2) is 60.9 Å². The van der Waals surface area contributed by atoms with Gasteiger partial charge in [-0.2, -0.15) is 0 Å². The van der Waals surface area contributed by atoms with E-state index < -0.39 is 0 Å². The lowest BCUT2D eigenvalue weighted by Gasteiger charge is -2.30. The maximum Gasteiger partial charge on any atom is 0.250 e. The van der Waals surface area contributed by atoms with Gasteiger partial charge in [-0.25, -0.2) is 0 Å². The van der Waals surface area contributed by atoms with Crippen molar-refractivity contribution in [1.82, 2.24) is 14.9 Å². The zero-order valence-corrected chi connectivity index (χ0v) is 20.5. The zero-order chi connectivity index (χ0) is 24.2. The van der Waals surface area contributed by atoms with E-state index in [9.17, 15) is 4.79 Å². The predicted octanol–water partition coefficient (Wildman–Crippen LogP) is 4.23. The third-order valence-electron chi connectivity index (χ3n) is 5.78. The van der Waals surface area contributed by atoms with Crippen molar-refractivity contribution < 1.29 is 14.3 Å². The number of amides is 1. The number of ether oxygens (including phenoxy) is 2. The summed E-state index contributed by atoms with van der Waals surface area (Å²) in [6, 6.07) is 15.6. The molecular weight excluding hydrogens is 450 g/mol. The highest BCUT2D eigenvalue weighted by Gasteiger charge is 2.42. The Morgan fingerprint density at radius 3 is 2.71 bits per heavy atom. The summed E-state index contributed by atoms with van der Waals surface area (Å²) in [7, 11) is 3.05. The van der Waals surface area contributed by atoms with E-state index >= 15 is 0 Å². The number of thiocarbonyl (C=S) groups is 1. The van der Waals surface area contributed by atoms with Crippen LogP contribution in [0.3, 0.4) is 0 Å². The van der Waals surface area contributed by atoms with Crippen molar-refractivity contribution in [3.63, 3.8) is 0 Å². The lowest BCUT2D eigenvalue weighted by molar-refractivity contribution is -0.119. The molecule has 4 rings (SSSR count). The number of nitrogens with one attached hydrogen (secondary N) is 2. The van der Waals surface area contributed by atoms with Gasteiger partial charge in [-0.1, -0.05) is 6.07 Å². The Morgan fingerprint density at radius 1 is 1.21 bits per heavy atom. The van der Waals surface area contributed by atoms with E-state index in [1.165, 1.54) is 7.11 Å². The van der Waals surface area contributed by atoms with Crippen molar-refractivity contribution in [2.24, 2.45) is 0 Å². The Labute approximate surface area is 204 Å². The summed E-state index contributed by atoms with van der Waals surface area (Å²) in [5, 5.41) is 6.92. The molecule has 3 aromatic rings. The van der Waals surface area contributed by atoms with Gasteiger partial charge in [-0.15, -0.1) is 0 Å². The highest BCUT2D eigenvalue weighted by Crippen LogP contribution is 2.43. The van der Waals surface area contributed by atoms with Gasteiger partial charge in [0, 0.05) is 36.9 Å². The SMILES string of the molecule is COCC(=O)Nc1cc(N2C(=S)N[C@H](c3ccccn3)[C@@H]2c2cccn2C(C)C)ccc1OC. The third-order valence-corrected chi connectivity index (χ3v) is 6.09. The number of rotatable bonds is 8. The summed E-state index contributed by atoms with van der Waals surface area (Å²) >= 11 is 5.83. The molecule has 1 aromatic carbocycles. The van der Waals surface area contributed by atoms with Gasteiger partial charge in [0.2, 0.25) is 5.91 Å². The van der Waals surface area contributed by atoms with Crippen LogP contribution in [0.1, 0.15) is 43.4 Å². The molecule has 8 nitrogen and oxygen atoms in total. The number of carbonyl (C=O) groups excluding carboxylic acids is 1. The largest absolute Gasteiger partial charge is 0.495 e. The molecule has 0 aliphatic carbocycles. The van der Waals surface area contributed by atoms with Gasteiger partial charge < -0.3 is 29.6 Å². The van der Waals surface area contributed by atoms with Gasteiger partial charge >= 0.3 is 0 Å². The number of aromatic nitrogens is 2. The first kappa shape index (κ1) is 23.7. The monoisotopic (exact) mass is 479 g/mol. The molecule has 3 heterocycles. The first-order valence-electron chi connectivity index (χ1n) is 11.1. The summed E-state index contributed by atoms with van der Waals surface area (Å²) in [5.41, 5.74) is 3.38. The van der Waals surface area contributed by atoms with Crippen LogP contribution in [0.25, 0.3) is 0 Å². The molecule has 1 amide bonds. The predicted molar refractivity (Wildman–Crippen MR) is 136 cm³/mol. The third kappa shape index (κ3) is 4.62. The molecular formula is C25H29N5O3S. The van der Waals surface area contributed by atoms with Crippen LogP contribution in [0.2, 0.25) is 0 Å². The minimum atomic E-state index is -0.267. The number of carbonyl (C=O) groups is 1. The van der Waals surface area contributed by atoms with Gasteiger partial charge in [0.1, 0.15) is 18.4 Å². The summed E-state index contributed by atoms with van der Waals surface area (Å²) in [6.07, 6.45) is 3.87. The minimum Gasteiger partial charge on any atom is -0.495 e. The number of anilines is 2. The van der Waals surface area contributed by atoms with Gasteiger partial charge in [-0.3, -0.25) is 9.78 Å². The number of pyridine rings is 1. The fourth-order valence-corrected chi connectivity index (χ4v) is 4.67. The lowest BCUT2D eigenvalue weighted by atomic mass is 10.0. The van der Waals surface area contributed by atoms with Crippen molar-refractivity contribution in [2.45, 2.75) is 32.0 Å². The topological polar surface area (TPSA) is 80.7 Å². The molecule has 0 bridgehead atoms. The molecule has 1 fully saturated rings. The van der Waals surface area contributed by atoms with Crippen molar-refractivity contribution in [3.8, 4) is 5.75 Å². The normalized spacial score (nSPS) is 17.7. The summed E-state index contributed by atoms with van der Waals surface area (Å²) in [6.45, 7) is 4.26. The maximum absolute atomic E-state index is 12.2. The second-order valence-electron chi connectivity index (χ2n) is 8.30. The Balaban J connectivity index is 1.81.